The molecular formula is C21H20F4N2O4. The predicted octanol–water partition coefficient (Wildman–Crippen LogP) is 3.12. The molecule has 1 fully saturated rings. The summed E-state index contributed by atoms with van der Waals surface area (Å²) in [5.74, 6) is -2.57. The molecule has 6 nitrogen and oxygen atoms in total. The van der Waals surface area contributed by atoms with E-state index >= 15 is 0 Å². The minimum atomic E-state index is -4.45. The molecular weight excluding hydrogens is 420 g/mol. The van der Waals surface area contributed by atoms with Crippen molar-refractivity contribution in [1.29, 1.82) is 0 Å². The Labute approximate surface area is 175 Å². The number of benzene rings is 2. The first-order chi connectivity index (χ1) is 14.7. The summed E-state index contributed by atoms with van der Waals surface area (Å²) < 4.78 is 57.2. The van der Waals surface area contributed by atoms with Gasteiger partial charge >= 0.3 is 6.18 Å². The molecule has 2 aromatic carbocycles. The average Bonchev–Trinajstić information content (AvgIpc) is 3.19. The van der Waals surface area contributed by atoms with Crippen LogP contribution >= 0.6 is 0 Å². The van der Waals surface area contributed by atoms with Gasteiger partial charge in [-0.3, -0.25) is 9.59 Å². The van der Waals surface area contributed by atoms with Crippen LogP contribution in [0.3, 0.4) is 0 Å². The molecule has 2 atom stereocenters. The molecule has 1 saturated heterocycles. The second-order valence-electron chi connectivity index (χ2n) is 7.12. The van der Waals surface area contributed by atoms with Gasteiger partial charge in [0.2, 0.25) is 5.91 Å². The van der Waals surface area contributed by atoms with E-state index < -0.39 is 55.5 Å². The Hall–Kier alpha value is -3.14. The van der Waals surface area contributed by atoms with Gasteiger partial charge in [0.1, 0.15) is 17.3 Å². The minimum absolute atomic E-state index is 0.215. The quantitative estimate of drug-likeness (QED) is 0.677. The first-order valence-corrected chi connectivity index (χ1v) is 9.46. The summed E-state index contributed by atoms with van der Waals surface area (Å²) >= 11 is 0. The molecule has 166 valence electrons. The number of alkyl halides is 3. The fourth-order valence-electron chi connectivity index (χ4n) is 3.30. The molecule has 3 rings (SSSR count). The summed E-state index contributed by atoms with van der Waals surface area (Å²) in [6.45, 7) is -1.62. The summed E-state index contributed by atoms with van der Waals surface area (Å²) in [5.41, 5.74) is 0.215. The van der Waals surface area contributed by atoms with E-state index in [9.17, 15) is 32.3 Å². The number of aliphatic hydroxyl groups is 1. The molecule has 0 bridgehead atoms. The van der Waals surface area contributed by atoms with Gasteiger partial charge in [-0.15, -0.1) is 0 Å². The van der Waals surface area contributed by atoms with Crippen LogP contribution in [0.2, 0.25) is 0 Å². The summed E-state index contributed by atoms with van der Waals surface area (Å²) in [5, 5.41) is 11.7. The third-order valence-electron chi connectivity index (χ3n) is 4.97. The maximum Gasteiger partial charge on any atom is 0.393 e. The van der Waals surface area contributed by atoms with Gasteiger partial charge in [0, 0.05) is 12.1 Å². The van der Waals surface area contributed by atoms with Crippen LogP contribution in [0.4, 0.5) is 17.6 Å². The zero-order chi connectivity index (χ0) is 22.6. The highest BCUT2D eigenvalue weighted by Crippen LogP contribution is 2.36. The van der Waals surface area contributed by atoms with Gasteiger partial charge in [-0.25, -0.2) is 4.39 Å². The lowest BCUT2D eigenvalue weighted by Crippen LogP contribution is -2.44. The lowest BCUT2D eigenvalue weighted by Gasteiger charge is -2.23. The molecule has 1 heterocycles. The van der Waals surface area contributed by atoms with Crippen LogP contribution in [-0.2, 0) is 4.79 Å². The van der Waals surface area contributed by atoms with Gasteiger partial charge in [0.15, 0.2) is 0 Å². The number of ether oxygens (including phenoxy) is 1. The Morgan fingerprint density at radius 1 is 1.06 bits per heavy atom. The number of hydrogen-bond donors (Lipinski definition) is 2. The number of nitrogens with zero attached hydrogens (tertiary/aromatic N) is 1. The first kappa shape index (κ1) is 22.5. The average molecular weight is 440 g/mol. The SMILES string of the molecule is O=C(NCC(=O)N1C[C@H](C(F)(F)F)C[C@H]1CO)c1ccc(Oc2ccc(F)cc2)cc1. The number of likely N-dealkylation sites (tertiary alicyclic amines) is 1. The zero-order valence-electron chi connectivity index (χ0n) is 16.2. The molecule has 1 aliphatic heterocycles. The normalized spacial score (nSPS) is 18.7. The van der Waals surface area contributed by atoms with Crippen molar-refractivity contribution in [1.82, 2.24) is 10.2 Å². The van der Waals surface area contributed by atoms with Crippen LogP contribution in [0.1, 0.15) is 16.8 Å². The zero-order valence-corrected chi connectivity index (χ0v) is 16.2. The lowest BCUT2D eigenvalue weighted by atomic mass is 10.1. The van der Waals surface area contributed by atoms with Crippen molar-refractivity contribution < 1.29 is 37.0 Å². The van der Waals surface area contributed by atoms with E-state index in [1.54, 1.807) is 0 Å². The number of carbonyl (C=O) groups excluding carboxylic acids is 2. The van der Waals surface area contributed by atoms with Crippen LogP contribution in [0.15, 0.2) is 48.5 Å². The van der Waals surface area contributed by atoms with Crippen molar-refractivity contribution in [2.24, 2.45) is 5.92 Å². The molecule has 2 aromatic rings. The Kier molecular flexibility index (Phi) is 6.79. The fourth-order valence-corrected chi connectivity index (χ4v) is 3.30. The number of rotatable bonds is 6. The van der Waals surface area contributed by atoms with E-state index in [0.29, 0.717) is 11.5 Å². The number of halogens is 4. The monoisotopic (exact) mass is 440 g/mol. The fraction of sp³-hybridized carbons (Fsp3) is 0.333. The summed E-state index contributed by atoms with van der Waals surface area (Å²) in [4.78, 5) is 25.5. The van der Waals surface area contributed by atoms with Gasteiger partial charge in [0.05, 0.1) is 25.1 Å². The van der Waals surface area contributed by atoms with Crippen molar-refractivity contribution in [3.05, 3.63) is 59.9 Å². The summed E-state index contributed by atoms with van der Waals surface area (Å²) in [6, 6.07) is 10.4. The lowest BCUT2D eigenvalue weighted by molar-refractivity contribution is -0.171. The highest BCUT2D eigenvalue weighted by Gasteiger charge is 2.48. The topological polar surface area (TPSA) is 78.9 Å². The van der Waals surface area contributed by atoms with Crippen LogP contribution in [-0.4, -0.2) is 53.7 Å². The number of carbonyl (C=O) groups is 2. The van der Waals surface area contributed by atoms with Gasteiger partial charge in [-0.2, -0.15) is 13.2 Å². The maximum atomic E-state index is 12.9. The Morgan fingerprint density at radius 2 is 1.65 bits per heavy atom. The molecule has 0 unspecified atom stereocenters. The largest absolute Gasteiger partial charge is 0.457 e. The highest BCUT2D eigenvalue weighted by molar-refractivity contribution is 5.96. The van der Waals surface area contributed by atoms with E-state index in [4.69, 9.17) is 4.74 Å². The second-order valence-corrected chi connectivity index (χ2v) is 7.12. The Morgan fingerprint density at radius 3 is 2.19 bits per heavy atom. The van der Waals surface area contributed by atoms with E-state index in [1.807, 2.05) is 0 Å². The predicted molar refractivity (Wildman–Crippen MR) is 102 cm³/mol. The van der Waals surface area contributed by atoms with E-state index in [1.165, 1.54) is 48.5 Å². The van der Waals surface area contributed by atoms with Crippen molar-refractivity contribution >= 4 is 11.8 Å². The van der Waals surface area contributed by atoms with Gasteiger partial charge < -0.3 is 20.1 Å². The molecule has 31 heavy (non-hydrogen) atoms. The van der Waals surface area contributed by atoms with Crippen LogP contribution in [0.25, 0.3) is 0 Å². The Bertz CT molecular complexity index is 916. The second kappa shape index (κ2) is 9.34. The first-order valence-electron chi connectivity index (χ1n) is 9.46. The molecule has 0 aromatic heterocycles. The number of amides is 2. The van der Waals surface area contributed by atoms with Gasteiger partial charge in [-0.05, 0) is 55.0 Å². The Balaban J connectivity index is 1.54. The molecule has 1 aliphatic rings. The van der Waals surface area contributed by atoms with Crippen LogP contribution in [0.5, 0.6) is 11.5 Å². The molecule has 0 radical (unpaired) electrons. The van der Waals surface area contributed by atoms with Gasteiger partial charge in [0.25, 0.3) is 5.91 Å². The van der Waals surface area contributed by atoms with Crippen molar-refractivity contribution in [3.8, 4) is 11.5 Å². The maximum absolute atomic E-state index is 12.9. The van der Waals surface area contributed by atoms with Crippen molar-refractivity contribution in [2.75, 3.05) is 19.7 Å². The molecule has 0 aliphatic carbocycles. The number of nitrogens with one attached hydrogen (secondary N) is 1. The highest BCUT2D eigenvalue weighted by atomic mass is 19.4. The smallest absolute Gasteiger partial charge is 0.393 e. The van der Waals surface area contributed by atoms with Crippen molar-refractivity contribution in [2.45, 2.75) is 18.6 Å². The van der Waals surface area contributed by atoms with E-state index in [-0.39, 0.29) is 12.0 Å². The molecule has 2 N–H and O–H groups in total. The molecule has 10 heteroatoms. The minimum Gasteiger partial charge on any atom is -0.457 e. The van der Waals surface area contributed by atoms with E-state index in [0.717, 1.165) is 4.90 Å². The molecule has 0 spiro atoms. The molecule has 0 saturated carbocycles. The van der Waals surface area contributed by atoms with Gasteiger partial charge in [-0.1, -0.05) is 0 Å². The van der Waals surface area contributed by atoms with Crippen LogP contribution < -0.4 is 10.1 Å². The van der Waals surface area contributed by atoms with Crippen molar-refractivity contribution in [3.63, 3.8) is 0 Å². The van der Waals surface area contributed by atoms with E-state index in [2.05, 4.69) is 5.32 Å². The number of aliphatic hydroxyl groups excluding tert-OH is 1. The number of hydrogen-bond acceptors (Lipinski definition) is 4. The third kappa shape index (κ3) is 5.72. The van der Waals surface area contributed by atoms with Crippen LogP contribution in [0, 0.1) is 11.7 Å². The standard InChI is InChI=1S/C21H20F4N2O4/c22-15-3-7-18(8-4-15)31-17-5-1-13(2-6-17)20(30)26-10-19(29)27-11-14(21(23,24)25)9-16(27)12-28/h1-8,14,16,28H,9-12H2,(H,26,30)/t14-,16+/m1/s1. The summed E-state index contributed by atoms with van der Waals surface area (Å²) in [7, 11) is 0. The third-order valence-corrected chi connectivity index (χ3v) is 4.97. The summed E-state index contributed by atoms with van der Waals surface area (Å²) in [6.07, 6.45) is -4.82. The molecule has 2 amide bonds.